The third-order valence-corrected chi connectivity index (χ3v) is 8.37. The van der Waals surface area contributed by atoms with Gasteiger partial charge in [-0.15, -0.1) is 0 Å². The van der Waals surface area contributed by atoms with Gasteiger partial charge in [0.2, 0.25) is 0 Å². The second kappa shape index (κ2) is 8.45. The van der Waals surface area contributed by atoms with Gasteiger partial charge in [0, 0.05) is 13.0 Å². The number of rotatable bonds is 9. The smallest absolute Gasteiger partial charge is 0.0876 e. The first kappa shape index (κ1) is 20.4. The molecule has 132 valence electrons. The molecule has 0 spiro atoms. The summed E-state index contributed by atoms with van der Waals surface area (Å²) >= 11 is 0. The minimum Gasteiger partial charge on any atom is -0.393 e. The van der Waals surface area contributed by atoms with Crippen LogP contribution in [0.1, 0.15) is 51.7 Å². The van der Waals surface area contributed by atoms with Crippen molar-refractivity contribution in [1.29, 1.82) is 0 Å². The summed E-state index contributed by atoms with van der Waals surface area (Å²) in [5.74, 6) is 0.460. The van der Waals surface area contributed by atoms with Crippen molar-refractivity contribution in [2.45, 2.75) is 71.0 Å². The molecule has 0 bridgehead atoms. The van der Waals surface area contributed by atoms with Gasteiger partial charge in [-0.3, -0.25) is 0 Å². The monoisotopic (exact) mass is 336 g/mol. The number of benzene rings is 1. The fourth-order valence-corrected chi connectivity index (χ4v) is 6.18. The summed E-state index contributed by atoms with van der Waals surface area (Å²) in [5.41, 5.74) is 1.17. The Hall–Kier alpha value is -0.643. The van der Waals surface area contributed by atoms with Crippen molar-refractivity contribution in [3.05, 3.63) is 35.9 Å². The van der Waals surface area contributed by atoms with Crippen LogP contribution in [-0.2, 0) is 4.74 Å². The van der Waals surface area contributed by atoms with Gasteiger partial charge in [-0.1, -0.05) is 83.6 Å². The van der Waals surface area contributed by atoms with Gasteiger partial charge in [0.05, 0.1) is 19.4 Å². The zero-order chi connectivity index (χ0) is 17.7. The average molecular weight is 337 g/mol. The number of aliphatic hydroxyl groups is 1. The predicted octanol–water partition coefficient (Wildman–Crippen LogP) is 5.45. The van der Waals surface area contributed by atoms with Crippen LogP contribution < -0.4 is 0 Å². The fraction of sp³-hybridized carbons (Fsp3) is 0.700. The van der Waals surface area contributed by atoms with Crippen LogP contribution in [0.4, 0.5) is 0 Å². The van der Waals surface area contributed by atoms with Crippen LogP contribution >= 0.6 is 0 Å². The molecule has 0 aromatic heterocycles. The highest BCUT2D eigenvalue weighted by Crippen LogP contribution is 2.45. The topological polar surface area (TPSA) is 29.5 Å². The van der Waals surface area contributed by atoms with E-state index >= 15 is 0 Å². The first-order chi connectivity index (χ1) is 10.7. The molecule has 2 nitrogen and oxygen atoms in total. The van der Waals surface area contributed by atoms with E-state index in [2.05, 4.69) is 64.7 Å². The van der Waals surface area contributed by atoms with E-state index in [1.165, 1.54) is 5.56 Å². The zero-order valence-electron chi connectivity index (χ0n) is 16.1. The maximum Gasteiger partial charge on any atom is 0.0876 e. The molecule has 0 radical (unpaired) electrons. The first-order valence-electron chi connectivity index (χ1n) is 8.99. The number of hydrogen-bond donors (Lipinski definition) is 1. The summed E-state index contributed by atoms with van der Waals surface area (Å²) in [7, 11) is -0.0350. The zero-order valence-corrected chi connectivity index (χ0v) is 17.1. The highest BCUT2D eigenvalue weighted by molar-refractivity contribution is 6.79. The normalized spacial score (nSPS) is 17.8. The van der Waals surface area contributed by atoms with E-state index in [4.69, 9.17) is 4.74 Å². The summed E-state index contributed by atoms with van der Waals surface area (Å²) in [5, 5.41) is 11.2. The molecule has 0 amide bonds. The maximum atomic E-state index is 11.9. The quantitative estimate of drug-likeness (QED) is 0.608. The Kier molecular flexibility index (Phi) is 7.50. The Morgan fingerprint density at radius 2 is 1.70 bits per heavy atom. The minimum atomic E-state index is -1.81. The van der Waals surface area contributed by atoms with Crippen LogP contribution in [0.2, 0.25) is 19.6 Å². The molecule has 0 heterocycles. The lowest BCUT2D eigenvalue weighted by atomic mass is 9.79. The van der Waals surface area contributed by atoms with Crippen LogP contribution in [0, 0.1) is 11.8 Å². The van der Waals surface area contributed by atoms with Gasteiger partial charge in [0.25, 0.3) is 0 Å². The molecule has 0 fully saturated rings. The first-order valence-corrected chi connectivity index (χ1v) is 12.5. The highest BCUT2D eigenvalue weighted by atomic mass is 28.3. The molecule has 0 aliphatic heterocycles. The van der Waals surface area contributed by atoms with Crippen molar-refractivity contribution in [3.8, 4) is 0 Å². The van der Waals surface area contributed by atoms with Crippen LogP contribution in [-0.4, -0.2) is 25.5 Å². The van der Waals surface area contributed by atoms with E-state index in [9.17, 15) is 5.11 Å². The van der Waals surface area contributed by atoms with Gasteiger partial charge in [-0.2, -0.15) is 0 Å². The second-order valence-corrected chi connectivity index (χ2v) is 13.5. The van der Waals surface area contributed by atoms with Gasteiger partial charge in [-0.05, 0) is 17.9 Å². The van der Waals surface area contributed by atoms with E-state index in [1.54, 1.807) is 7.11 Å². The van der Waals surface area contributed by atoms with Crippen LogP contribution in [0.25, 0.3) is 0 Å². The lowest BCUT2D eigenvalue weighted by Gasteiger charge is -2.49. The molecule has 1 aromatic carbocycles. The van der Waals surface area contributed by atoms with E-state index in [-0.39, 0.29) is 12.0 Å². The van der Waals surface area contributed by atoms with Gasteiger partial charge in [0.1, 0.15) is 0 Å². The fourth-order valence-electron chi connectivity index (χ4n) is 3.77. The Balaban J connectivity index is 3.34. The largest absolute Gasteiger partial charge is 0.393 e. The summed E-state index contributed by atoms with van der Waals surface area (Å²) in [6, 6.07) is 10.4. The van der Waals surface area contributed by atoms with E-state index in [0.717, 1.165) is 19.3 Å². The third kappa shape index (κ3) is 4.68. The average Bonchev–Trinajstić information content (AvgIpc) is 2.49. The Labute approximate surface area is 144 Å². The van der Waals surface area contributed by atoms with Crippen LogP contribution in [0.15, 0.2) is 30.3 Å². The summed E-state index contributed by atoms with van der Waals surface area (Å²) in [6.07, 6.45) is 2.98. The Morgan fingerprint density at radius 3 is 2.09 bits per heavy atom. The van der Waals surface area contributed by atoms with Crippen molar-refractivity contribution in [3.63, 3.8) is 0 Å². The van der Waals surface area contributed by atoms with Crippen molar-refractivity contribution in [1.82, 2.24) is 0 Å². The molecule has 0 aliphatic rings. The van der Waals surface area contributed by atoms with Gasteiger partial charge in [0.15, 0.2) is 0 Å². The molecular weight excluding hydrogens is 300 g/mol. The molecule has 0 saturated carbocycles. The molecule has 0 aliphatic carbocycles. The number of hydrogen-bond acceptors (Lipinski definition) is 2. The summed E-state index contributed by atoms with van der Waals surface area (Å²) < 4.78 is 5.94. The molecular formula is C20H36O2Si. The Morgan fingerprint density at radius 1 is 1.13 bits per heavy atom. The molecule has 1 N–H and O–H groups in total. The van der Waals surface area contributed by atoms with E-state index < -0.39 is 13.3 Å². The van der Waals surface area contributed by atoms with Gasteiger partial charge >= 0.3 is 0 Å². The van der Waals surface area contributed by atoms with Crippen LogP contribution in [0.3, 0.4) is 0 Å². The Bertz CT molecular complexity index is 452. The lowest BCUT2D eigenvalue weighted by molar-refractivity contribution is -0.0689. The predicted molar refractivity (Wildman–Crippen MR) is 102 cm³/mol. The van der Waals surface area contributed by atoms with Crippen molar-refractivity contribution in [2.75, 3.05) is 7.11 Å². The van der Waals surface area contributed by atoms with Crippen molar-refractivity contribution < 1.29 is 9.84 Å². The summed E-state index contributed by atoms with van der Waals surface area (Å²) in [4.78, 5) is 0. The number of ether oxygens (including phenoxy) is 1. The standard InChI is InChI=1S/C20H36O2Si/c1-8-9-15-20(21,23(5,6)7)18(16(2)3)19(22-4)17-13-11-10-12-14-17/h10-14,16,18-19,21H,8-9,15H2,1-7H3/t18-,19+,20-/m0/s1. The molecule has 3 heteroatoms. The maximum absolute atomic E-state index is 11.9. The van der Waals surface area contributed by atoms with Gasteiger partial charge < -0.3 is 9.84 Å². The van der Waals surface area contributed by atoms with Crippen LogP contribution in [0.5, 0.6) is 0 Å². The molecule has 0 saturated heterocycles. The SMILES string of the molecule is CCCC[C@@](O)([C@@H](C(C)C)[C@H](OC)c1ccccc1)[Si](C)(C)C. The van der Waals surface area contributed by atoms with Gasteiger partial charge in [-0.25, -0.2) is 0 Å². The molecule has 3 atom stereocenters. The molecule has 0 unspecified atom stereocenters. The number of methoxy groups -OCH3 is 1. The molecule has 1 rings (SSSR count). The number of unbranched alkanes of at least 4 members (excludes halogenated alkanes) is 1. The summed E-state index contributed by atoms with van der Waals surface area (Å²) in [6.45, 7) is 13.5. The molecule has 1 aromatic rings. The second-order valence-electron chi connectivity index (χ2n) is 8.11. The third-order valence-electron chi connectivity index (χ3n) is 5.19. The van der Waals surface area contributed by atoms with Crippen molar-refractivity contribution >= 4 is 8.07 Å². The minimum absolute atomic E-state index is 0.0650. The highest BCUT2D eigenvalue weighted by Gasteiger charge is 2.51. The molecule has 23 heavy (non-hydrogen) atoms. The lowest BCUT2D eigenvalue weighted by Crippen LogP contribution is -2.60. The van der Waals surface area contributed by atoms with Crippen molar-refractivity contribution in [2.24, 2.45) is 11.8 Å². The van der Waals surface area contributed by atoms with E-state index in [1.807, 2.05) is 6.07 Å². The van der Waals surface area contributed by atoms with E-state index in [0.29, 0.717) is 5.92 Å².